The Labute approximate surface area is 133 Å². The predicted octanol–water partition coefficient (Wildman–Crippen LogP) is 2.42. The second-order valence-electron chi connectivity index (χ2n) is 5.35. The van der Waals surface area contributed by atoms with Gasteiger partial charge in [0.15, 0.2) is 5.49 Å². The summed E-state index contributed by atoms with van der Waals surface area (Å²) in [4.78, 5) is 10.4. The molecular weight excluding hydrogens is 290 g/mol. The summed E-state index contributed by atoms with van der Waals surface area (Å²) in [7, 11) is 1.90. The van der Waals surface area contributed by atoms with Gasteiger partial charge in [0.2, 0.25) is 6.41 Å². The van der Waals surface area contributed by atoms with Crippen LogP contribution >= 0.6 is 0 Å². The Morgan fingerprint density at radius 1 is 1.17 bits per heavy atom. The Morgan fingerprint density at radius 3 is 2.70 bits per heavy atom. The number of amides is 1. The van der Waals surface area contributed by atoms with E-state index in [0.29, 0.717) is 11.9 Å². The summed E-state index contributed by atoms with van der Waals surface area (Å²) in [5, 5.41) is 15.1. The first kappa shape index (κ1) is 14.8. The van der Waals surface area contributed by atoms with E-state index in [-0.39, 0.29) is 5.75 Å². The van der Waals surface area contributed by atoms with Gasteiger partial charge in [0, 0.05) is 23.5 Å². The van der Waals surface area contributed by atoms with Crippen LogP contribution < -0.4 is 10.9 Å². The maximum atomic E-state index is 10.4. The average molecular weight is 307 g/mol. The smallest absolute Gasteiger partial charge is 0.227 e. The zero-order valence-corrected chi connectivity index (χ0v) is 12.9. The van der Waals surface area contributed by atoms with Crippen molar-refractivity contribution >= 4 is 17.3 Å². The molecule has 0 aliphatic carbocycles. The lowest BCUT2D eigenvalue weighted by atomic mass is 10.0. The van der Waals surface area contributed by atoms with Crippen LogP contribution in [-0.4, -0.2) is 16.1 Å². The van der Waals surface area contributed by atoms with Crippen molar-refractivity contribution in [3.05, 3.63) is 59.6 Å². The zero-order chi connectivity index (χ0) is 16.4. The first-order chi connectivity index (χ1) is 11.1. The molecule has 3 rings (SSSR count). The molecule has 5 nitrogen and oxygen atoms in total. The topological polar surface area (TPSA) is 66.6 Å². The Morgan fingerprint density at radius 2 is 1.96 bits per heavy atom. The first-order valence-corrected chi connectivity index (χ1v) is 7.23. The van der Waals surface area contributed by atoms with E-state index in [4.69, 9.17) is 0 Å². The highest BCUT2D eigenvalue weighted by molar-refractivity contribution is 5.88. The van der Waals surface area contributed by atoms with Crippen LogP contribution in [0.5, 0.6) is 5.75 Å². The minimum Gasteiger partial charge on any atom is -0.507 e. The zero-order valence-electron chi connectivity index (χ0n) is 12.9. The number of carbonyl (C=O) groups excluding carboxylic acids is 1. The van der Waals surface area contributed by atoms with Gasteiger partial charge in [0.1, 0.15) is 5.75 Å². The van der Waals surface area contributed by atoms with E-state index in [1.54, 1.807) is 12.1 Å². The van der Waals surface area contributed by atoms with E-state index in [1.165, 1.54) is 0 Å². The van der Waals surface area contributed by atoms with E-state index < -0.39 is 0 Å². The number of aromatic nitrogens is 1. The van der Waals surface area contributed by atoms with E-state index >= 15 is 0 Å². The second kappa shape index (κ2) is 5.96. The van der Waals surface area contributed by atoms with Crippen molar-refractivity contribution in [2.75, 3.05) is 0 Å². The first-order valence-electron chi connectivity index (χ1n) is 7.23. The molecular formula is C18H17N3O2. The summed E-state index contributed by atoms with van der Waals surface area (Å²) in [6, 6.07) is 15.2. The molecule has 0 radical (unpaired) electrons. The molecule has 5 heteroatoms. The fourth-order valence-corrected chi connectivity index (χ4v) is 2.72. The average Bonchev–Trinajstić information content (AvgIpc) is 2.57. The number of nitrogens with one attached hydrogen (secondary N) is 1. The summed E-state index contributed by atoms with van der Waals surface area (Å²) in [6.07, 6.45) is 0.542. The number of para-hydroxylation sites is 1. The Balaban J connectivity index is 2.24. The van der Waals surface area contributed by atoms with Crippen molar-refractivity contribution in [3.63, 3.8) is 0 Å². The highest BCUT2D eigenvalue weighted by atomic mass is 16.3. The highest BCUT2D eigenvalue weighted by Crippen LogP contribution is 2.31. The maximum absolute atomic E-state index is 10.4. The van der Waals surface area contributed by atoms with Gasteiger partial charge in [0.05, 0.1) is 0 Å². The van der Waals surface area contributed by atoms with Gasteiger partial charge in [0.25, 0.3) is 0 Å². The van der Waals surface area contributed by atoms with Crippen molar-refractivity contribution in [3.8, 4) is 16.9 Å². The number of nitrogens with zero attached hydrogens (tertiary/aromatic N) is 2. The number of phenolic OH excluding ortho intramolecular Hbond substituents is 1. The molecule has 3 aromatic rings. The monoisotopic (exact) mass is 307 g/mol. The van der Waals surface area contributed by atoms with Crippen LogP contribution in [0.3, 0.4) is 0 Å². The van der Waals surface area contributed by atoms with E-state index in [9.17, 15) is 9.90 Å². The number of pyridine rings is 1. The minimum absolute atomic E-state index is 0.260. The fraction of sp³-hybridized carbons (Fsp3) is 0.111. The second-order valence-corrected chi connectivity index (χ2v) is 5.35. The molecule has 0 unspecified atom stereocenters. The quantitative estimate of drug-likeness (QED) is 0.576. The molecule has 0 bridgehead atoms. The summed E-state index contributed by atoms with van der Waals surface area (Å²) >= 11 is 0. The summed E-state index contributed by atoms with van der Waals surface area (Å²) < 4.78 is 1.91. The molecule has 0 fully saturated rings. The molecule has 1 aromatic heterocycles. The van der Waals surface area contributed by atoms with Gasteiger partial charge in [-0.25, -0.2) is 5.43 Å². The molecule has 0 aliphatic rings. The van der Waals surface area contributed by atoms with Gasteiger partial charge < -0.3 is 9.67 Å². The maximum Gasteiger partial charge on any atom is 0.227 e. The number of aryl methyl sites for hydroxylation is 2. The Hall–Kier alpha value is -3.08. The van der Waals surface area contributed by atoms with Crippen molar-refractivity contribution < 1.29 is 9.90 Å². The number of carbonyl (C=O) groups is 1. The minimum atomic E-state index is 0.260. The number of phenols is 1. The van der Waals surface area contributed by atoms with Gasteiger partial charge in [-0.3, -0.25) is 4.79 Å². The molecule has 0 saturated heterocycles. The van der Waals surface area contributed by atoms with Crippen LogP contribution in [0.1, 0.15) is 5.56 Å². The number of benzene rings is 2. The van der Waals surface area contributed by atoms with Crippen LogP contribution in [0.15, 0.2) is 53.6 Å². The lowest BCUT2D eigenvalue weighted by molar-refractivity contribution is -0.109. The number of aromatic hydroxyl groups is 1. The molecule has 0 spiro atoms. The van der Waals surface area contributed by atoms with Crippen molar-refractivity contribution in [1.29, 1.82) is 0 Å². The van der Waals surface area contributed by atoms with Crippen LogP contribution in [0.25, 0.3) is 22.0 Å². The SMILES string of the molecule is Cc1c/c(=N/NC=O)n(C)c2ccc(-c3ccccc3O)cc12. The molecule has 2 aromatic carbocycles. The molecule has 0 aliphatic heterocycles. The van der Waals surface area contributed by atoms with Gasteiger partial charge in [-0.05, 0) is 42.3 Å². The molecule has 23 heavy (non-hydrogen) atoms. The van der Waals surface area contributed by atoms with Gasteiger partial charge in [-0.15, -0.1) is 0 Å². The third-order valence-electron chi connectivity index (χ3n) is 3.92. The predicted molar refractivity (Wildman–Crippen MR) is 89.5 cm³/mol. The lowest BCUT2D eigenvalue weighted by Crippen LogP contribution is -2.22. The molecule has 1 amide bonds. The summed E-state index contributed by atoms with van der Waals surface area (Å²) in [5.74, 6) is 0.260. The van der Waals surface area contributed by atoms with Gasteiger partial charge in [-0.2, -0.15) is 5.10 Å². The van der Waals surface area contributed by atoms with Crippen molar-refractivity contribution in [2.45, 2.75) is 6.92 Å². The number of hydrogen-bond donors (Lipinski definition) is 2. The lowest BCUT2D eigenvalue weighted by Gasteiger charge is -2.12. The molecule has 2 N–H and O–H groups in total. The van der Waals surface area contributed by atoms with E-state index in [1.807, 2.05) is 48.9 Å². The van der Waals surface area contributed by atoms with Crippen molar-refractivity contribution in [1.82, 2.24) is 9.99 Å². The molecule has 1 heterocycles. The van der Waals surface area contributed by atoms with Crippen LogP contribution in [-0.2, 0) is 11.8 Å². The highest BCUT2D eigenvalue weighted by Gasteiger charge is 2.07. The molecule has 0 saturated carbocycles. The summed E-state index contributed by atoms with van der Waals surface area (Å²) in [5.41, 5.74) is 6.79. The summed E-state index contributed by atoms with van der Waals surface area (Å²) in [6.45, 7) is 2.00. The fourth-order valence-electron chi connectivity index (χ4n) is 2.72. The normalized spacial score (nSPS) is 11.7. The molecule has 0 atom stereocenters. The Kier molecular flexibility index (Phi) is 3.85. The number of fused-ring (bicyclic) bond motifs is 1. The van der Waals surface area contributed by atoms with Crippen molar-refractivity contribution in [2.24, 2.45) is 12.1 Å². The number of hydrogen-bond acceptors (Lipinski definition) is 3. The van der Waals surface area contributed by atoms with Crippen LogP contribution in [0, 0.1) is 6.92 Å². The standard InChI is InChI=1S/C18H17N3O2/c1-12-9-18(20-19-11-22)21(2)16-8-7-13(10-15(12)16)14-5-3-4-6-17(14)23/h3-11,23H,1-2H3,(H,19,22)/b20-18-. The van der Waals surface area contributed by atoms with E-state index in [0.717, 1.165) is 27.6 Å². The van der Waals surface area contributed by atoms with Crippen LogP contribution in [0.2, 0.25) is 0 Å². The molecule has 116 valence electrons. The third-order valence-corrected chi connectivity index (χ3v) is 3.92. The van der Waals surface area contributed by atoms with E-state index in [2.05, 4.69) is 16.6 Å². The Bertz CT molecular complexity index is 958. The largest absolute Gasteiger partial charge is 0.507 e. The number of rotatable bonds is 3. The third kappa shape index (κ3) is 2.68. The van der Waals surface area contributed by atoms with Gasteiger partial charge in [-0.1, -0.05) is 24.3 Å². The van der Waals surface area contributed by atoms with Gasteiger partial charge >= 0.3 is 0 Å². The van der Waals surface area contributed by atoms with Crippen LogP contribution in [0.4, 0.5) is 0 Å².